The van der Waals surface area contributed by atoms with E-state index < -0.39 is 0 Å². The van der Waals surface area contributed by atoms with E-state index >= 15 is 0 Å². The Bertz CT molecular complexity index is 570. The zero-order chi connectivity index (χ0) is 12.5. The van der Waals surface area contributed by atoms with Gasteiger partial charge in [0.2, 0.25) is 0 Å². The zero-order valence-electron chi connectivity index (χ0n) is 9.78. The fraction of sp³-hybridized carbons (Fsp3) is 0.308. The minimum atomic E-state index is 0.208. The normalized spacial score (nSPS) is 15.3. The molecule has 1 fully saturated rings. The first-order valence-electron chi connectivity index (χ1n) is 6.00. The molecular weight excluding hydrogens is 230 g/mol. The van der Waals surface area contributed by atoms with Crippen molar-refractivity contribution in [1.29, 1.82) is 0 Å². The molecule has 0 atom stereocenters. The molecular formula is C13H13N3O2. The molecule has 0 spiro atoms. The molecule has 0 aliphatic heterocycles. The number of carbonyl (C=O) groups excluding carboxylic acids is 1. The van der Waals surface area contributed by atoms with E-state index in [4.69, 9.17) is 0 Å². The highest BCUT2D eigenvalue weighted by molar-refractivity contribution is 5.74. The fourth-order valence-corrected chi connectivity index (χ4v) is 2.23. The van der Waals surface area contributed by atoms with Crippen molar-refractivity contribution < 1.29 is 9.90 Å². The lowest BCUT2D eigenvalue weighted by Gasteiger charge is -2.25. The van der Waals surface area contributed by atoms with Crippen molar-refractivity contribution in [3.8, 4) is 11.4 Å². The lowest BCUT2D eigenvalue weighted by Crippen LogP contribution is -2.15. The maximum atomic E-state index is 11.0. The Morgan fingerprint density at radius 1 is 1.28 bits per heavy atom. The van der Waals surface area contributed by atoms with Gasteiger partial charge in [-0.1, -0.05) is 11.6 Å². The van der Waals surface area contributed by atoms with E-state index in [1.54, 1.807) is 28.9 Å². The molecule has 0 bridgehead atoms. The largest absolute Gasteiger partial charge is 0.508 e. The van der Waals surface area contributed by atoms with Crippen LogP contribution in [-0.4, -0.2) is 26.4 Å². The van der Waals surface area contributed by atoms with Crippen molar-refractivity contribution in [3.05, 3.63) is 35.7 Å². The number of hydrogen-bond acceptors (Lipinski definition) is 4. The molecule has 2 aromatic rings. The summed E-state index contributed by atoms with van der Waals surface area (Å²) in [4.78, 5) is 11.0. The third-order valence-corrected chi connectivity index (χ3v) is 3.43. The number of benzene rings is 1. The maximum absolute atomic E-state index is 11.0. The molecule has 0 unspecified atom stereocenters. The van der Waals surface area contributed by atoms with Crippen molar-refractivity contribution in [3.63, 3.8) is 0 Å². The van der Waals surface area contributed by atoms with Crippen LogP contribution >= 0.6 is 0 Å². The summed E-state index contributed by atoms with van der Waals surface area (Å²) in [7, 11) is 0. The smallest absolute Gasteiger partial charge is 0.172 e. The quantitative estimate of drug-likeness (QED) is 0.838. The average Bonchev–Trinajstić information content (AvgIpc) is 2.72. The van der Waals surface area contributed by atoms with Gasteiger partial charge in [0.25, 0.3) is 0 Å². The van der Waals surface area contributed by atoms with Gasteiger partial charge in [-0.25, -0.2) is 4.68 Å². The molecule has 5 nitrogen and oxygen atoms in total. The van der Waals surface area contributed by atoms with Gasteiger partial charge in [-0.2, -0.15) is 0 Å². The van der Waals surface area contributed by atoms with E-state index in [0.29, 0.717) is 11.6 Å². The average molecular weight is 243 g/mol. The van der Waals surface area contributed by atoms with Crippen LogP contribution in [0, 0.1) is 0 Å². The van der Waals surface area contributed by atoms with Gasteiger partial charge in [0.15, 0.2) is 6.29 Å². The summed E-state index contributed by atoms with van der Waals surface area (Å²) in [6.07, 6.45) is 4.10. The van der Waals surface area contributed by atoms with Gasteiger partial charge in [0, 0.05) is 5.92 Å². The highest BCUT2D eigenvalue weighted by Gasteiger charge is 2.28. The van der Waals surface area contributed by atoms with Crippen molar-refractivity contribution in [2.45, 2.75) is 25.2 Å². The topological polar surface area (TPSA) is 68.0 Å². The van der Waals surface area contributed by atoms with Gasteiger partial charge >= 0.3 is 0 Å². The van der Waals surface area contributed by atoms with E-state index in [-0.39, 0.29) is 5.75 Å². The van der Waals surface area contributed by atoms with Crippen LogP contribution in [0.5, 0.6) is 5.75 Å². The van der Waals surface area contributed by atoms with Gasteiger partial charge in [-0.3, -0.25) is 4.79 Å². The molecule has 92 valence electrons. The standard InChI is InChI=1S/C13H13N3O2/c17-8-12-13(9-2-1-3-9)16(15-14-12)10-4-6-11(18)7-5-10/h4-9,18H,1-3H2. The molecule has 1 aliphatic rings. The van der Waals surface area contributed by atoms with Crippen LogP contribution in [0.4, 0.5) is 0 Å². The third kappa shape index (κ3) is 1.68. The zero-order valence-corrected chi connectivity index (χ0v) is 9.78. The van der Waals surface area contributed by atoms with Crippen molar-refractivity contribution >= 4 is 6.29 Å². The molecule has 0 radical (unpaired) electrons. The van der Waals surface area contributed by atoms with Crippen LogP contribution in [0.25, 0.3) is 5.69 Å². The first kappa shape index (κ1) is 11.0. The van der Waals surface area contributed by atoms with Crippen LogP contribution in [0.2, 0.25) is 0 Å². The SMILES string of the molecule is O=Cc1nnn(-c2ccc(O)cc2)c1C1CCC1. The number of aromatic hydroxyl groups is 1. The molecule has 5 heteroatoms. The second kappa shape index (κ2) is 4.25. The highest BCUT2D eigenvalue weighted by atomic mass is 16.3. The molecule has 18 heavy (non-hydrogen) atoms. The summed E-state index contributed by atoms with van der Waals surface area (Å²) >= 11 is 0. The number of phenolic OH excluding ortho intramolecular Hbond substituents is 1. The van der Waals surface area contributed by atoms with Gasteiger partial charge in [-0.15, -0.1) is 5.10 Å². The van der Waals surface area contributed by atoms with Crippen LogP contribution in [0.15, 0.2) is 24.3 Å². The molecule has 1 saturated carbocycles. The molecule has 0 amide bonds. The monoisotopic (exact) mass is 243 g/mol. The van der Waals surface area contributed by atoms with Gasteiger partial charge in [0.1, 0.15) is 11.4 Å². The number of aldehydes is 1. The fourth-order valence-electron chi connectivity index (χ4n) is 2.23. The predicted molar refractivity (Wildman–Crippen MR) is 65.0 cm³/mol. The third-order valence-electron chi connectivity index (χ3n) is 3.43. The Morgan fingerprint density at radius 2 is 2.00 bits per heavy atom. The van der Waals surface area contributed by atoms with Crippen LogP contribution in [0.1, 0.15) is 41.4 Å². The number of aromatic nitrogens is 3. The molecule has 1 heterocycles. The summed E-state index contributed by atoms with van der Waals surface area (Å²) in [5.74, 6) is 0.577. The summed E-state index contributed by atoms with van der Waals surface area (Å²) in [6, 6.07) is 6.73. The summed E-state index contributed by atoms with van der Waals surface area (Å²) in [6.45, 7) is 0. The van der Waals surface area contributed by atoms with Crippen molar-refractivity contribution in [2.24, 2.45) is 0 Å². The Hall–Kier alpha value is -2.17. The predicted octanol–water partition coefficient (Wildman–Crippen LogP) is 2.05. The first-order chi connectivity index (χ1) is 8.79. The van der Waals surface area contributed by atoms with E-state index in [1.165, 1.54) is 6.42 Å². The molecule has 1 N–H and O–H groups in total. The summed E-state index contributed by atoms with van der Waals surface area (Å²) < 4.78 is 1.70. The Labute approximate surface area is 104 Å². The van der Waals surface area contributed by atoms with Gasteiger partial charge < -0.3 is 5.11 Å². The van der Waals surface area contributed by atoms with E-state index in [0.717, 1.165) is 30.5 Å². The summed E-state index contributed by atoms with van der Waals surface area (Å²) in [5.41, 5.74) is 2.13. The number of phenols is 1. The van der Waals surface area contributed by atoms with Gasteiger partial charge in [0.05, 0.1) is 11.4 Å². The second-order valence-electron chi connectivity index (χ2n) is 4.53. The van der Waals surface area contributed by atoms with Crippen LogP contribution in [-0.2, 0) is 0 Å². The minimum absolute atomic E-state index is 0.208. The molecule has 1 aromatic heterocycles. The van der Waals surface area contributed by atoms with Gasteiger partial charge in [-0.05, 0) is 37.1 Å². The maximum Gasteiger partial charge on any atom is 0.172 e. The second-order valence-corrected chi connectivity index (χ2v) is 4.53. The molecule has 3 rings (SSSR count). The lowest BCUT2D eigenvalue weighted by molar-refractivity contribution is 0.111. The summed E-state index contributed by atoms with van der Waals surface area (Å²) in [5, 5.41) is 17.3. The van der Waals surface area contributed by atoms with Crippen molar-refractivity contribution in [1.82, 2.24) is 15.0 Å². The minimum Gasteiger partial charge on any atom is -0.508 e. The lowest BCUT2D eigenvalue weighted by atomic mass is 9.82. The Morgan fingerprint density at radius 3 is 2.56 bits per heavy atom. The van der Waals surface area contributed by atoms with Crippen LogP contribution < -0.4 is 0 Å². The molecule has 0 saturated heterocycles. The van der Waals surface area contributed by atoms with E-state index in [1.807, 2.05) is 0 Å². The molecule has 1 aromatic carbocycles. The number of hydrogen-bond donors (Lipinski definition) is 1. The highest BCUT2D eigenvalue weighted by Crippen LogP contribution is 2.38. The number of nitrogens with zero attached hydrogens (tertiary/aromatic N) is 3. The number of rotatable bonds is 3. The van der Waals surface area contributed by atoms with Crippen LogP contribution in [0.3, 0.4) is 0 Å². The number of carbonyl (C=O) groups is 1. The van der Waals surface area contributed by atoms with Crippen molar-refractivity contribution in [2.75, 3.05) is 0 Å². The molecule has 1 aliphatic carbocycles. The van der Waals surface area contributed by atoms with E-state index in [9.17, 15) is 9.90 Å². The Balaban J connectivity index is 2.08. The van der Waals surface area contributed by atoms with E-state index in [2.05, 4.69) is 10.3 Å². The Kier molecular flexibility index (Phi) is 2.59. The first-order valence-corrected chi connectivity index (χ1v) is 6.00.